The molecule has 0 aliphatic rings. The van der Waals surface area contributed by atoms with Crippen LogP contribution in [-0.4, -0.2) is 31.5 Å². The van der Waals surface area contributed by atoms with Crippen LogP contribution in [0.15, 0.2) is 70.4 Å². The monoisotopic (exact) mass is 425 g/mol. The van der Waals surface area contributed by atoms with Crippen LogP contribution in [0, 0.1) is 0 Å². The van der Waals surface area contributed by atoms with Gasteiger partial charge in [0.15, 0.2) is 16.6 Å². The number of thiocarbonyl (C=S) groups is 1. The number of methoxy groups -OCH3 is 2. The Labute approximate surface area is 178 Å². The molecule has 2 aromatic carbocycles. The van der Waals surface area contributed by atoms with Crippen LogP contribution in [0.4, 0.5) is 5.69 Å². The molecule has 0 unspecified atom stereocenters. The highest BCUT2D eigenvalue weighted by Gasteiger charge is 2.14. The van der Waals surface area contributed by atoms with E-state index < -0.39 is 5.97 Å². The van der Waals surface area contributed by atoms with Gasteiger partial charge >= 0.3 is 5.97 Å². The average molecular weight is 425 g/mol. The number of furan rings is 1. The highest BCUT2D eigenvalue weighted by Crippen LogP contribution is 2.28. The Kier molecular flexibility index (Phi) is 7.01. The molecular weight excluding hydrogens is 406 g/mol. The van der Waals surface area contributed by atoms with E-state index in [0.717, 1.165) is 5.69 Å². The molecule has 3 aromatic rings. The Hall–Kier alpha value is -3.85. The number of carbonyl (C=O) groups is 1. The molecule has 1 heterocycles. The van der Waals surface area contributed by atoms with Crippen LogP contribution < -0.4 is 25.0 Å². The summed E-state index contributed by atoms with van der Waals surface area (Å²) in [6.45, 7) is 0. The molecule has 9 heteroatoms. The van der Waals surface area contributed by atoms with E-state index in [0.29, 0.717) is 22.2 Å². The molecule has 0 bridgehead atoms. The SMILES string of the molecule is COc1cccc(NC(=S)N/N=C\c2ccc(OC(=O)c3ccco3)c(OC)c2)c1. The average Bonchev–Trinajstić information content (AvgIpc) is 3.30. The van der Waals surface area contributed by atoms with E-state index in [1.165, 1.54) is 19.4 Å². The van der Waals surface area contributed by atoms with Gasteiger partial charge in [0.2, 0.25) is 5.76 Å². The minimum absolute atomic E-state index is 0.101. The van der Waals surface area contributed by atoms with Gasteiger partial charge in [-0.1, -0.05) is 6.07 Å². The van der Waals surface area contributed by atoms with E-state index in [1.54, 1.807) is 37.6 Å². The molecule has 0 fully saturated rings. The molecule has 1 aromatic heterocycles. The molecule has 0 aliphatic carbocycles. The highest BCUT2D eigenvalue weighted by molar-refractivity contribution is 7.80. The summed E-state index contributed by atoms with van der Waals surface area (Å²) < 4.78 is 20.8. The fourth-order valence-corrected chi connectivity index (χ4v) is 2.59. The van der Waals surface area contributed by atoms with E-state index in [2.05, 4.69) is 15.8 Å². The summed E-state index contributed by atoms with van der Waals surface area (Å²) in [5.41, 5.74) is 4.21. The number of hydrogen-bond acceptors (Lipinski definition) is 7. The fraction of sp³-hybridized carbons (Fsp3) is 0.0952. The van der Waals surface area contributed by atoms with Gasteiger partial charge in [-0.25, -0.2) is 4.79 Å². The maximum Gasteiger partial charge on any atom is 0.379 e. The minimum Gasteiger partial charge on any atom is -0.497 e. The van der Waals surface area contributed by atoms with Crippen molar-refractivity contribution in [3.8, 4) is 17.2 Å². The highest BCUT2D eigenvalue weighted by atomic mass is 32.1. The van der Waals surface area contributed by atoms with Gasteiger partial charge in [-0.2, -0.15) is 5.10 Å². The first-order valence-electron chi connectivity index (χ1n) is 8.77. The van der Waals surface area contributed by atoms with E-state index in [4.69, 9.17) is 30.8 Å². The summed E-state index contributed by atoms with van der Waals surface area (Å²) in [5.74, 6) is 0.834. The number of nitrogens with one attached hydrogen (secondary N) is 2. The predicted molar refractivity (Wildman–Crippen MR) is 117 cm³/mol. The van der Waals surface area contributed by atoms with Crippen LogP contribution in [-0.2, 0) is 0 Å². The number of benzene rings is 2. The van der Waals surface area contributed by atoms with Crippen LogP contribution in [0.3, 0.4) is 0 Å². The molecule has 0 amide bonds. The summed E-state index contributed by atoms with van der Waals surface area (Å²) >= 11 is 5.22. The first kappa shape index (κ1) is 20.9. The Morgan fingerprint density at radius 2 is 1.93 bits per heavy atom. The smallest absolute Gasteiger partial charge is 0.379 e. The Morgan fingerprint density at radius 3 is 2.67 bits per heavy atom. The summed E-state index contributed by atoms with van der Waals surface area (Å²) in [5, 5.41) is 7.42. The molecular formula is C21H19N3O5S. The van der Waals surface area contributed by atoms with Crippen molar-refractivity contribution in [1.82, 2.24) is 5.43 Å². The number of rotatable bonds is 7. The summed E-state index contributed by atoms with van der Waals surface area (Å²) in [4.78, 5) is 12.0. The van der Waals surface area contributed by atoms with Gasteiger partial charge in [0, 0.05) is 11.8 Å². The zero-order chi connectivity index (χ0) is 21.3. The van der Waals surface area contributed by atoms with Gasteiger partial charge in [-0.05, 0) is 60.2 Å². The number of ether oxygens (including phenoxy) is 3. The second-order valence-corrected chi connectivity index (χ2v) is 6.24. The molecule has 0 aliphatic heterocycles. The quantitative estimate of drug-likeness (QED) is 0.194. The lowest BCUT2D eigenvalue weighted by Crippen LogP contribution is -2.23. The molecule has 0 saturated heterocycles. The molecule has 2 N–H and O–H groups in total. The zero-order valence-corrected chi connectivity index (χ0v) is 17.1. The van der Waals surface area contributed by atoms with E-state index in [-0.39, 0.29) is 11.5 Å². The van der Waals surface area contributed by atoms with Crippen molar-refractivity contribution in [3.05, 3.63) is 72.2 Å². The number of hydrazone groups is 1. The van der Waals surface area contributed by atoms with Crippen LogP contribution in [0.25, 0.3) is 0 Å². The first-order chi connectivity index (χ1) is 14.6. The number of esters is 1. The second-order valence-electron chi connectivity index (χ2n) is 5.83. The number of carbonyl (C=O) groups excluding carboxylic acids is 1. The molecule has 0 radical (unpaired) electrons. The third kappa shape index (κ3) is 5.58. The topological polar surface area (TPSA) is 94.3 Å². The Balaban J connectivity index is 1.59. The maximum atomic E-state index is 12.0. The number of hydrogen-bond donors (Lipinski definition) is 2. The standard InChI is InChI=1S/C21H19N3O5S/c1-26-16-6-3-5-15(12-16)23-21(30)24-22-13-14-8-9-17(19(11-14)27-2)29-20(25)18-7-4-10-28-18/h3-13H,1-2H3,(H2,23,24,30)/b22-13-. The second kappa shape index (κ2) is 10.1. The van der Waals surface area contributed by atoms with Gasteiger partial charge in [-0.3, -0.25) is 5.43 Å². The van der Waals surface area contributed by atoms with Gasteiger partial charge < -0.3 is 23.9 Å². The molecule has 154 valence electrons. The van der Waals surface area contributed by atoms with Crippen molar-refractivity contribution >= 4 is 35.2 Å². The van der Waals surface area contributed by atoms with Crippen LogP contribution in [0.2, 0.25) is 0 Å². The summed E-state index contributed by atoms with van der Waals surface area (Å²) in [7, 11) is 3.07. The number of nitrogens with zero attached hydrogens (tertiary/aromatic N) is 1. The van der Waals surface area contributed by atoms with Gasteiger partial charge in [0.05, 0.1) is 26.7 Å². The third-order valence-corrected chi connectivity index (χ3v) is 4.01. The predicted octanol–water partition coefficient (Wildman–Crippen LogP) is 3.84. The van der Waals surface area contributed by atoms with Crippen molar-refractivity contribution in [2.45, 2.75) is 0 Å². The van der Waals surface area contributed by atoms with Crippen LogP contribution >= 0.6 is 12.2 Å². The summed E-state index contributed by atoms with van der Waals surface area (Å²) in [6, 6.07) is 15.5. The Bertz CT molecular complexity index is 1050. The van der Waals surface area contributed by atoms with Crippen LogP contribution in [0.5, 0.6) is 17.2 Å². The van der Waals surface area contributed by atoms with Gasteiger partial charge in [0.25, 0.3) is 0 Å². The Morgan fingerprint density at radius 1 is 1.07 bits per heavy atom. The lowest BCUT2D eigenvalue weighted by Gasteiger charge is -2.09. The molecule has 8 nitrogen and oxygen atoms in total. The zero-order valence-electron chi connectivity index (χ0n) is 16.2. The first-order valence-corrected chi connectivity index (χ1v) is 9.17. The van der Waals surface area contributed by atoms with Crippen LogP contribution in [0.1, 0.15) is 16.1 Å². The van der Waals surface area contributed by atoms with E-state index >= 15 is 0 Å². The lowest BCUT2D eigenvalue weighted by atomic mass is 10.2. The molecule has 30 heavy (non-hydrogen) atoms. The van der Waals surface area contributed by atoms with Crippen molar-refractivity contribution in [1.29, 1.82) is 0 Å². The van der Waals surface area contributed by atoms with Crippen molar-refractivity contribution in [3.63, 3.8) is 0 Å². The van der Waals surface area contributed by atoms with Crippen molar-refractivity contribution < 1.29 is 23.4 Å². The maximum absolute atomic E-state index is 12.0. The number of anilines is 1. The molecule has 0 atom stereocenters. The lowest BCUT2D eigenvalue weighted by molar-refractivity contribution is 0.0696. The normalized spacial score (nSPS) is 10.5. The summed E-state index contributed by atoms with van der Waals surface area (Å²) in [6.07, 6.45) is 2.95. The van der Waals surface area contributed by atoms with Crippen molar-refractivity contribution in [2.75, 3.05) is 19.5 Å². The molecule has 0 saturated carbocycles. The van der Waals surface area contributed by atoms with E-state index in [1.807, 2.05) is 24.3 Å². The largest absolute Gasteiger partial charge is 0.497 e. The van der Waals surface area contributed by atoms with Crippen molar-refractivity contribution in [2.24, 2.45) is 5.10 Å². The fourth-order valence-electron chi connectivity index (χ4n) is 2.42. The van der Waals surface area contributed by atoms with Gasteiger partial charge in [-0.15, -0.1) is 0 Å². The molecule has 3 rings (SSSR count). The van der Waals surface area contributed by atoms with Gasteiger partial charge in [0.1, 0.15) is 5.75 Å². The third-order valence-electron chi connectivity index (χ3n) is 3.82. The van der Waals surface area contributed by atoms with E-state index in [9.17, 15) is 4.79 Å². The molecule has 0 spiro atoms. The minimum atomic E-state index is -0.615.